The molecule has 0 radical (unpaired) electrons. The molecule has 6 heteroatoms. The molecule has 0 unspecified atom stereocenters. The van der Waals surface area contributed by atoms with Crippen molar-refractivity contribution in [1.82, 2.24) is 10.5 Å². The van der Waals surface area contributed by atoms with Crippen LogP contribution >= 0.6 is 0 Å². The number of nitrogens with one attached hydrogen (secondary N) is 1. The summed E-state index contributed by atoms with van der Waals surface area (Å²) in [5, 5.41) is 6.86. The van der Waals surface area contributed by atoms with E-state index in [0.29, 0.717) is 18.0 Å². The molecule has 1 saturated heterocycles. The molecule has 4 rings (SSSR count). The Kier molecular flexibility index (Phi) is 4.70. The molecule has 1 N–H and O–H groups in total. The maximum absolute atomic E-state index is 12.5. The van der Waals surface area contributed by atoms with Gasteiger partial charge in [-0.05, 0) is 12.1 Å². The zero-order valence-electron chi connectivity index (χ0n) is 14.7. The van der Waals surface area contributed by atoms with Crippen LogP contribution in [-0.4, -0.2) is 23.5 Å². The second kappa shape index (κ2) is 7.45. The molecule has 27 heavy (non-hydrogen) atoms. The number of benzene rings is 2. The Bertz CT molecular complexity index is 938. The van der Waals surface area contributed by atoms with E-state index in [4.69, 9.17) is 4.52 Å². The van der Waals surface area contributed by atoms with Crippen molar-refractivity contribution in [3.8, 4) is 11.3 Å². The van der Waals surface area contributed by atoms with Crippen molar-refractivity contribution >= 4 is 17.5 Å². The van der Waals surface area contributed by atoms with Gasteiger partial charge in [0, 0.05) is 30.3 Å². The van der Waals surface area contributed by atoms with Gasteiger partial charge >= 0.3 is 0 Å². The Morgan fingerprint density at radius 2 is 1.81 bits per heavy atom. The molecule has 2 heterocycles. The molecule has 136 valence electrons. The number of hydrogen-bond acceptors (Lipinski definition) is 4. The molecule has 2 amide bonds. The topological polar surface area (TPSA) is 75.4 Å². The highest BCUT2D eigenvalue weighted by molar-refractivity contribution is 6.00. The van der Waals surface area contributed by atoms with Crippen molar-refractivity contribution in [3.63, 3.8) is 0 Å². The van der Waals surface area contributed by atoms with Crippen LogP contribution < -0.4 is 10.2 Å². The van der Waals surface area contributed by atoms with Gasteiger partial charge < -0.3 is 14.7 Å². The van der Waals surface area contributed by atoms with E-state index in [0.717, 1.165) is 11.3 Å². The molecule has 0 spiro atoms. The third kappa shape index (κ3) is 3.74. The number of anilines is 1. The summed E-state index contributed by atoms with van der Waals surface area (Å²) in [6.07, 6.45) is 0.217. The summed E-state index contributed by atoms with van der Waals surface area (Å²) in [5.74, 6) is 0.115. The van der Waals surface area contributed by atoms with Crippen molar-refractivity contribution in [2.75, 3.05) is 11.4 Å². The number of carbonyl (C=O) groups excluding carboxylic acids is 2. The molecule has 1 atom stereocenters. The average molecular weight is 361 g/mol. The second-order valence-electron chi connectivity index (χ2n) is 6.51. The van der Waals surface area contributed by atoms with Crippen LogP contribution in [0.3, 0.4) is 0 Å². The van der Waals surface area contributed by atoms with Crippen molar-refractivity contribution in [1.29, 1.82) is 0 Å². The quantitative estimate of drug-likeness (QED) is 0.758. The van der Waals surface area contributed by atoms with Gasteiger partial charge in [0.15, 0.2) is 5.76 Å². The monoisotopic (exact) mass is 361 g/mol. The number of hydrogen-bond donors (Lipinski definition) is 1. The van der Waals surface area contributed by atoms with Crippen LogP contribution in [-0.2, 0) is 16.1 Å². The van der Waals surface area contributed by atoms with E-state index in [2.05, 4.69) is 10.5 Å². The molecule has 6 nitrogen and oxygen atoms in total. The predicted octanol–water partition coefficient (Wildman–Crippen LogP) is 3.01. The van der Waals surface area contributed by atoms with Crippen LogP contribution in [0.2, 0.25) is 0 Å². The van der Waals surface area contributed by atoms with Crippen LogP contribution in [0.1, 0.15) is 12.1 Å². The van der Waals surface area contributed by atoms with E-state index < -0.39 is 0 Å². The van der Waals surface area contributed by atoms with Crippen molar-refractivity contribution in [2.24, 2.45) is 5.92 Å². The third-order valence-electron chi connectivity index (χ3n) is 4.62. The lowest BCUT2D eigenvalue weighted by Gasteiger charge is -2.16. The summed E-state index contributed by atoms with van der Waals surface area (Å²) < 4.78 is 5.34. The SMILES string of the molecule is O=C(NCc1cc(-c2ccccc2)on1)[C@H]1CC(=O)N(c2ccccc2)C1. The Morgan fingerprint density at radius 1 is 1.11 bits per heavy atom. The van der Waals surface area contributed by atoms with Crippen LogP contribution in [0.25, 0.3) is 11.3 Å². The molecule has 1 aliphatic heterocycles. The minimum atomic E-state index is -0.363. The van der Waals surface area contributed by atoms with E-state index in [1.165, 1.54) is 0 Å². The highest BCUT2D eigenvalue weighted by atomic mass is 16.5. The maximum Gasteiger partial charge on any atom is 0.227 e. The van der Waals surface area contributed by atoms with Crippen molar-refractivity contribution in [3.05, 3.63) is 72.4 Å². The summed E-state index contributed by atoms with van der Waals surface area (Å²) in [6, 6.07) is 20.9. The average Bonchev–Trinajstić information content (AvgIpc) is 3.34. The first-order valence-electron chi connectivity index (χ1n) is 8.85. The summed E-state index contributed by atoms with van der Waals surface area (Å²) in [6.45, 7) is 0.661. The molecular formula is C21H19N3O3. The van der Waals surface area contributed by atoms with Gasteiger partial charge in [-0.3, -0.25) is 9.59 Å². The summed E-state index contributed by atoms with van der Waals surface area (Å²) >= 11 is 0. The first-order valence-corrected chi connectivity index (χ1v) is 8.85. The number of aromatic nitrogens is 1. The molecule has 2 aromatic carbocycles. The van der Waals surface area contributed by atoms with Crippen LogP contribution in [0.4, 0.5) is 5.69 Å². The highest BCUT2D eigenvalue weighted by Gasteiger charge is 2.34. The van der Waals surface area contributed by atoms with Crippen LogP contribution in [0, 0.1) is 5.92 Å². The molecule has 1 fully saturated rings. The molecule has 0 aliphatic carbocycles. The number of carbonyl (C=O) groups is 2. The highest BCUT2D eigenvalue weighted by Crippen LogP contribution is 2.25. The molecule has 1 aliphatic rings. The van der Waals surface area contributed by atoms with Crippen molar-refractivity contribution < 1.29 is 14.1 Å². The zero-order chi connectivity index (χ0) is 18.6. The van der Waals surface area contributed by atoms with Crippen LogP contribution in [0.5, 0.6) is 0 Å². The number of amides is 2. The zero-order valence-corrected chi connectivity index (χ0v) is 14.7. The van der Waals surface area contributed by atoms with Gasteiger partial charge in [0.05, 0.1) is 12.5 Å². The number of nitrogens with zero attached hydrogens (tertiary/aromatic N) is 2. The largest absolute Gasteiger partial charge is 0.356 e. The lowest BCUT2D eigenvalue weighted by Crippen LogP contribution is -2.32. The number of rotatable bonds is 5. The normalized spacial score (nSPS) is 16.5. The molecule has 1 aromatic heterocycles. The fraction of sp³-hybridized carbons (Fsp3) is 0.190. The van der Waals surface area contributed by atoms with E-state index in [1.807, 2.05) is 66.7 Å². The van der Waals surface area contributed by atoms with E-state index >= 15 is 0 Å². The Labute approximate surface area is 156 Å². The maximum atomic E-state index is 12.5. The molecular weight excluding hydrogens is 342 g/mol. The molecule has 0 saturated carbocycles. The minimum absolute atomic E-state index is 0.0332. The third-order valence-corrected chi connectivity index (χ3v) is 4.62. The number of para-hydroxylation sites is 1. The lowest BCUT2D eigenvalue weighted by atomic mass is 10.1. The first kappa shape index (κ1) is 17.0. The summed E-state index contributed by atoms with van der Waals surface area (Å²) in [5.41, 5.74) is 2.40. The fourth-order valence-corrected chi connectivity index (χ4v) is 3.20. The lowest BCUT2D eigenvalue weighted by molar-refractivity contribution is -0.126. The molecule has 0 bridgehead atoms. The Hall–Kier alpha value is -3.41. The Morgan fingerprint density at radius 3 is 2.56 bits per heavy atom. The second-order valence-corrected chi connectivity index (χ2v) is 6.51. The summed E-state index contributed by atoms with van der Waals surface area (Å²) in [7, 11) is 0. The predicted molar refractivity (Wildman–Crippen MR) is 101 cm³/mol. The van der Waals surface area contributed by atoms with E-state index in [9.17, 15) is 9.59 Å². The standard InChI is InChI=1S/C21H19N3O3/c25-20-11-16(14-24(20)18-9-5-2-6-10-18)21(26)22-13-17-12-19(27-23-17)15-7-3-1-4-8-15/h1-10,12,16H,11,13-14H2,(H,22,26)/t16-/m0/s1. The van der Waals surface area contributed by atoms with Gasteiger partial charge in [0.1, 0.15) is 5.69 Å². The van der Waals surface area contributed by atoms with Crippen LogP contribution in [0.15, 0.2) is 71.3 Å². The van der Waals surface area contributed by atoms with Gasteiger partial charge in [-0.1, -0.05) is 53.7 Å². The molecule has 3 aromatic rings. The van der Waals surface area contributed by atoms with Gasteiger partial charge in [0.25, 0.3) is 0 Å². The first-order chi connectivity index (χ1) is 13.2. The Balaban J connectivity index is 1.35. The van der Waals surface area contributed by atoms with E-state index in [-0.39, 0.29) is 30.7 Å². The van der Waals surface area contributed by atoms with Gasteiger partial charge in [0.2, 0.25) is 11.8 Å². The minimum Gasteiger partial charge on any atom is -0.356 e. The smallest absolute Gasteiger partial charge is 0.227 e. The van der Waals surface area contributed by atoms with Gasteiger partial charge in [-0.25, -0.2) is 0 Å². The fourth-order valence-electron chi connectivity index (χ4n) is 3.20. The summed E-state index contributed by atoms with van der Waals surface area (Å²) in [4.78, 5) is 26.4. The van der Waals surface area contributed by atoms with E-state index in [1.54, 1.807) is 4.90 Å². The van der Waals surface area contributed by atoms with Gasteiger partial charge in [-0.15, -0.1) is 0 Å². The van der Waals surface area contributed by atoms with Crippen molar-refractivity contribution in [2.45, 2.75) is 13.0 Å². The van der Waals surface area contributed by atoms with Gasteiger partial charge in [-0.2, -0.15) is 0 Å².